The number of carbonyl (C=O) groups excluding carboxylic acids is 2. The minimum atomic E-state index is -4.28. The Bertz CT molecular complexity index is 1520. The Labute approximate surface area is 272 Å². The number of nitrogens with one attached hydrogen (secondary N) is 1. The summed E-state index contributed by atoms with van der Waals surface area (Å²) in [5.41, 5.74) is 2.06. The van der Waals surface area contributed by atoms with Crippen LogP contribution >= 0.6 is 22.6 Å². The molecule has 3 aliphatic heterocycles. The molecule has 1 N–H and O–H groups in total. The molecule has 6 rings (SSSR count). The number of alkyl halides is 4. The van der Waals surface area contributed by atoms with Gasteiger partial charge in [0.1, 0.15) is 6.54 Å². The first-order valence-corrected chi connectivity index (χ1v) is 16.3. The highest BCUT2D eigenvalue weighted by molar-refractivity contribution is 14.1. The van der Waals surface area contributed by atoms with Gasteiger partial charge in [-0.05, 0) is 38.4 Å². The molecule has 3 aromatic rings. The van der Waals surface area contributed by atoms with Crippen molar-refractivity contribution in [2.24, 2.45) is 5.92 Å². The van der Waals surface area contributed by atoms with E-state index in [0.29, 0.717) is 36.9 Å². The molecule has 17 heteroatoms. The normalized spacial score (nSPS) is 21.7. The van der Waals surface area contributed by atoms with Crippen molar-refractivity contribution in [1.82, 2.24) is 44.0 Å². The molecule has 3 saturated heterocycles. The van der Waals surface area contributed by atoms with Crippen molar-refractivity contribution < 1.29 is 22.8 Å². The number of anilines is 3. The zero-order valence-corrected chi connectivity index (χ0v) is 27.4. The van der Waals surface area contributed by atoms with Crippen LogP contribution in [0.5, 0.6) is 0 Å². The van der Waals surface area contributed by atoms with Crippen molar-refractivity contribution in [2.75, 3.05) is 70.1 Å². The van der Waals surface area contributed by atoms with Crippen LogP contribution < -0.4 is 10.2 Å². The van der Waals surface area contributed by atoms with E-state index in [1.807, 2.05) is 36.0 Å². The van der Waals surface area contributed by atoms with Gasteiger partial charge >= 0.3 is 12.2 Å². The molecule has 3 fully saturated rings. The fourth-order valence-electron chi connectivity index (χ4n) is 6.08. The average Bonchev–Trinajstić information content (AvgIpc) is 3.57. The van der Waals surface area contributed by atoms with Gasteiger partial charge < -0.3 is 29.8 Å². The topological polar surface area (TPSA) is 110 Å². The van der Waals surface area contributed by atoms with Gasteiger partial charge in [0.2, 0.25) is 11.9 Å². The number of fused-ring (bicyclic) bond motifs is 1. The van der Waals surface area contributed by atoms with Crippen LogP contribution in [0.4, 0.5) is 35.3 Å². The van der Waals surface area contributed by atoms with E-state index in [2.05, 4.69) is 43.0 Å². The largest absolute Gasteiger partial charge is 0.395 e. The Morgan fingerprint density at radius 1 is 1.13 bits per heavy atom. The summed E-state index contributed by atoms with van der Waals surface area (Å²) < 4.78 is 42.4. The van der Waals surface area contributed by atoms with Crippen LogP contribution in [0.2, 0.25) is 0 Å². The Hall–Kier alpha value is -3.35. The van der Waals surface area contributed by atoms with E-state index in [1.54, 1.807) is 32.7 Å². The number of pyridine rings is 1. The number of amides is 3. The molecule has 0 radical (unpaired) electrons. The maximum Gasteiger partial charge on any atom is 0.395 e. The van der Waals surface area contributed by atoms with E-state index < -0.39 is 12.1 Å². The van der Waals surface area contributed by atoms with Gasteiger partial charge in [0.15, 0.2) is 5.65 Å². The number of hydrogen-bond donors (Lipinski definition) is 1. The highest BCUT2D eigenvalue weighted by Crippen LogP contribution is 2.36. The van der Waals surface area contributed by atoms with Crippen LogP contribution in [0.3, 0.4) is 0 Å². The van der Waals surface area contributed by atoms with Gasteiger partial charge in [-0.15, -0.1) is 5.10 Å². The number of urea groups is 1. The molecule has 2 unspecified atom stereocenters. The number of carbonyl (C=O) groups is 2. The lowest BCUT2D eigenvalue weighted by molar-refractivity contribution is -0.203. The maximum absolute atomic E-state index is 13.3. The summed E-state index contributed by atoms with van der Waals surface area (Å²) in [5.74, 6) is -1.06. The summed E-state index contributed by atoms with van der Waals surface area (Å²) in [6.45, 7) is 3.19. The first-order chi connectivity index (χ1) is 21.5. The summed E-state index contributed by atoms with van der Waals surface area (Å²) in [4.78, 5) is 39.9. The van der Waals surface area contributed by atoms with Crippen LogP contribution in [-0.2, 0) is 11.3 Å². The van der Waals surface area contributed by atoms with Crippen LogP contribution in [0.25, 0.3) is 5.65 Å². The summed E-state index contributed by atoms with van der Waals surface area (Å²) in [6.07, 6.45) is 3.38. The lowest BCUT2D eigenvalue weighted by atomic mass is 9.98. The van der Waals surface area contributed by atoms with Gasteiger partial charge in [-0.3, -0.25) is 9.48 Å². The summed E-state index contributed by atoms with van der Waals surface area (Å²) in [6, 6.07) is 3.30. The van der Waals surface area contributed by atoms with Crippen molar-refractivity contribution in [1.29, 1.82) is 0 Å². The average molecular weight is 744 g/mol. The van der Waals surface area contributed by atoms with E-state index in [9.17, 15) is 22.8 Å². The second kappa shape index (κ2) is 12.8. The zero-order chi connectivity index (χ0) is 31.9. The second-order valence-corrected chi connectivity index (χ2v) is 13.5. The number of piperazine rings is 1. The molecular weight excluding hydrogens is 706 g/mol. The van der Waals surface area contributed by atoms with Crippen LogP contribution in [0, 0.1) is 5.92 Å². The van der Waals surface area contributed by atoms with Gasteiger partial charge in [0.05, 0.1) is 33.6 Å². The summed E-state index contributed by atoms with van der Waals surface area (Å²) in [7, 11) is 3.96. The molecule has 0 aromatic carbocycles. The van der Waals surface area contributed by atoms with Crippen molar-refractivity contribution in [3.8, 4) is 0 Å². The molecular formula is C28H37F3IN11O2. The number of halogens is 4. The van der Waals surface area contributed by atoms with E-state index in [1.165, 1.54) is 4.90 Å². The lowest BCUT2D eigenvalue weighted by Gasteiger charge is -2.48. The first kappa shape index (κ1) is 31.6. The Morgan fingerprint density at radius 2 is 1.89 bits per heavy atom. The van der Waals surface area contributed by atoms with E-state index >= 15 is 0 Å². The zero-order valence-electron chi connectivity index (χ0n) is 25.2. The molecule has 0 saturated carbocycles. The Kier molecular flexibility index (Phi) is 9.00. The summed E-state index contributed by atoms with van der Waals surface area (Å²) in [5, 5.41) is 12.1. The fourth-order valence-corrected chi connectivity index (χ4v) is 7.22. The van der Waals surface area contributed by atoms with Gasteiger partial charge in [0.25, 0.3) is 0 Å². The predicted molar refractivity (Wildman–Crippen MR) is 170 cm³/mol. The minimum absolute atomic E-state index is 0.0266. The number of likely N-dealkylation sites (tertiary alicyclic amines) is 2. The molecule has 45 heavy (non-hydrogen) atoms. The molecule has 3 aliphatic rings. The third-order valence-electron chi connectivity index (χ3n) is 8.79. The maximum atomic E-state index is 13.3. The summed E-state index contributed by atoms with van der Waals surface area (Å²) >= 11 is 2.23. The third kappa shape index (κ3) is 6.92. The number of aromatic nitrogens is 5. The molecule has 6 heterocycles. The molecule has 3 aromatic heterocycles. The van der Waals surface area contributed by atoms with Gasteiger partial charge in [-0.1, -0.05) is 22.6 Å². The Balaban J connectivity index is 1.11. The molecule has 2 atom stereocenters. The predicted octanol–water partition coefficient (Wildman–Crippen LogP) is 3.11. The molecule has 3 amide bonds. The molecule has 13 nitrogen and oxygen atoms in total. The highest BCUT2D eigenvalue weighted by atomic mass is 127. The van der Waals surface area contributed by atoms with Crippen LogP contribution in [0.1, 0.15) is 19.3 Å². The van der Waals surface area contributed by atoms with E-state index in [4.69, 9.17) is 4.98 Å². The Morgan fingerprint density at radius 3 is 2.62 bits per heavy atom. The minimum Gasteiger partial charge on any atom is -0.369 e. The first-order valence-electron chi connectivity index (χ1n) is 15.1. The monoisotopic (exact) mass is 743 g/mol. The number of likely N-dealkylation sites (N-methyl/N-ethyl adjacent to an activating group) is 2. The van der Waals surface area contributed by atoms with Gasteiger partial charge in [-0.2, -0.15) is 23.3 Å². The fraction of sp³-hybridized carbons (Fsp3) is 0.607. The number of nitrogens with zero attached hydrogens (tertiary/aromatic N) is 10. The third-order valence-corrected chi connectivity index (χ3v) is 10.0. The van der Waals surface area contributed by atoms with Crippen molar-refractivity contribution in [3.63, 3.8) is 0 Å². The molecule has 0 aliphatic carbocycles. The van der Waals surface area contributed by atoms with Crippen LogP contribution in [-0.4, -0.2) is 132 Å². The van der Waals surface area contributed by atoms with Crippen molar-refractivity contribution >= 4 is 57.5 Å². The number of hydrogen-bond acceptors (Lipinski definition) is 8. The van der Waals surface area contributed by atoms with E-state index in [-0.39, 0.29) is 41.7 Å². The SMILES string of the molecule is CN1CCN(C(=O)Cn2cc(Nc3nc4c(N(C)CC5CCCC(I)N5C(=O)N5CC(C(F)(F)F)C5)cccn4n3)cn2)CC1. The smallest absolute Gasteiger partial charge is 0.369 e. The molecule has 244 valence electrons. The van der Waals surface area contributed by atoms with E-state index in [0.717, 1.165) is 38.0 Å². The van der Waals surface area contributed by atoms with Crippen LogP contribution in [0.15, 0.2) is 30.7 Å². The quantitative estimate of drug-likeness (QED) is 0.224. The molecule has 0 spiro atoms. The molecule has 0 bridgehead atoms. The van der Waals surface area contributed by atoms with Crippen molar-refractivity contribution in [2.45, 2.75) is 42.1 Å². The lowest BCUT2D eigenvalue weighted by Crippen LogP contribution is -2.63. The van der Waals surface area contributed by atoms with Gasteiger partial charge in [-0.25, -0.2) is 9.31 Å². The second-order valence-electron chi connectivity index (χ2n) is 12.1. The number of piperidine rings is 1. The number of rotatable bonds is 7. The standard InChI is InChI=1S/C28H37F3IN11O2/c1-37-9-11-39(12-10-37)24(44)18-41-16-20(13-33-41)34-26-35-25-22(6-4-8-42(25)36-26)38(2)17-21-5-3-7-23(32)43(21)27(45)40-14-19(15-40)28(29,30)31/h4,6,8,13,16,19,21,23H,3,5,7,9-12,14-15,17-18H2,1-2H3,(H,34,36). The van der Waals surface area contributed by atoms with Gasteiger partial charge in [0, 0.05) is 65.3 Å². The van der Waals surface area contributed by atoms with Crippen molar-refractivity contribution in [3.05, 3.63) is 30.7 Å². The highest BCUT2D eigenvalue weighted by Gasteiger charge is 2.50.